The second-order valence-corrected chi connectivity index (χ2v) is 3.71. The van der Waals surface area contributed by atoms with Crippen molar-refractivity contribution in [3.8, 4) is 0 Å². The van der Waals surface area contributed by atoms with E-state index in [-0.39, 0.29) is 0 Å². The van der Waals surface area contributed by atoms with Gasteiger partial charge in [-0.3, -0.25) is 0 Å². The average Bonchev–Trinajstić information content (AvgIpc) is 2.37. The van der Waals surface area contributed by atoms with Crippen LogP contribution in [0.3, 0.4) is 0 Å². The summed E-state index contributed by atoms with van der Waals surface area (Å²) in [5, 5.41) is 1.06. The van der Waals surface area contributed by atoms with Gasteiger partial charge in [-0.15, -0.1) is 0 Å². The summed E-state index contributed by atoms with van der Waals surface area (Å²) in [7, 11) is 0. The molecule has 0 atom stereocenters. The van der Waals surface area contributed by atoms with Gasteiger partial charge in [0.05, 0.1) is 6.61 Å². The largest absolute Gasteiger partial charge is 0.381 e. The Morgan fingerprint density at radius 1 is 1.64 bits per heavy atom. The van der Waals surface area contributed by atoms with Crippen molar-refractivity contribution in [2.24, 2.45) is 0 Å². The lowest BCUT2D eigenvalue weighted by Gasteiger charge is -1.95. The van der Waals surface area contributed by atoms with Crippen LogP contribution in [0.2, 0.25) is 0 Å². The van der Waals surface area contributed by atoms with Crippen LogP contribution in [0, 0.1) is 3.83 Å². The molecule has 0 aliphatic heterocycles. The summed E-state index contributed by atoms with van der Waals surface area (Å²) < 4.78 is 10.1. The van der Waals surface area contributed by atoms with Crippen molar-refractivity contribution in [2.75, 3.05) is 13.2 Å². The van der Waals surface area contributed by atoms with E-state index in [1.807, 2.05) is 6.92 Å². The maximum absolute atomic E-state index is 5.18. The number of halogens is 1. The molecule has 0 spiro atoms. The minimum absolute atomic E-state index is 0.752. The minimum Gasteiger partial charge on any atom is -0.381 e. The fourth-order valence-electron chi connectivity index (χ4n) is 0.639. The Labute approximate surface area is 83.5 Å². The van der Waals surface area contributed by atoms with E-state index < -0.39 is 0 Å². The second-order valence-electron chi connectivity index (χ2n) is 1.90. The van der Waals surface area contributed by atoms with Gasteiger partial charge in [-0.2, -0.15) is 4.37 Å². The van der Waals surface area contributed by atoms with E-state index in [0.29, 0.717) is 0 Å². The fraction of sp³-hybridized carbons (Fsp3) is 0.667. The lowest BCUT2D eigenvalue weighted by Crippen LogP contribution is -1.97. The van der Waals surface area contributed by atoms with Gasteiger partial charge in [0.15, 0.2) is 0 Å². The molecule has 5 heteroatoms. The molecule has 0 bridgehead atoms. The van der Waals surface area contributed by atoms with Crippen molar-refractivity contribution in [1.82, 2.24) is 9.36 Å². The van der Waals surface area contributed by atoms with Crippen molar-refractivity contribution >= 4 is 34.1 Å². The molecule has 1 aromatic heterocycles. The third-order valence-corrected chi connectivity index (χ3v) is 2.69. The molecule has 1 aromatic rings. The highest BCUT2D eigenvalue weighted by Crippen LogP contribution is 2.06. The van der Waals surface area contributed by atoms with Crippen molar-refractivity contribution in [1.29, 1.82) is 0 Å². The minimum atomic E-state index is 0.752. The van der Waals surface area contributed by atoms with Crippen LogP contribution in [-0.2, 0) is 11.2 Å². The lowest BCUT2D eigenvalue weighted by molar-refractivity contribution is 0.151. The van der Waals surface area contributed by atoms with Gasteiger partial charge in [-0.25, -0.2) is 4.98 Å². The van der Waals surface area contributed by atoms with E-state index in [1.54, 1.807) is 0 Å². The first-order valence-corrected chi connectivity index (χ1v) is 5.24. The van der Waals surface area contributed by atoms with Gasteiger partial charge in [-0.1, -0.05) is 0 Å². The van der Waals surface area contributed by atoms with Gasteiger partial charge in [-0.05, 0) is 18.5 Å². The molecule has 0 aliphatic carbocycles. The number of aromatic nitrogens is 2. The van der Waals surface area contributed by atoms with E-state index >= 15 is 0 Å². The van der Waals surface area contributed by atoms with Crippen LogP contribution in [0.4, 0.5) is 0 Å². The maximum Gasteiger partial charge on any atom is 0.203 e. The smallest absolute Gasteiger partial charge is 0.203 e. The molecule has 0 aromatic carbocycles. The molecule has 1 heterocycles. The van der Waals surface area contributed by atoms with Crippen molar-refractivity contribution < 1.29 is 4.74 Å². The van der Waals surface area contributed by atoms with E-state index in [4.69, 9.17) is 4.74 Å². The molecule has 1 rings (SSSR count). The molecule has 3 nitrogen and oxygen atoms in total. The zero-order valence-corrected chi connectivity index (χ0v) is 9.18. The summed E-state index contributed by atoms with van der Waals surface area (Å²) in [6.07, 6.45) is 0.883. The first-order valence-electron chi connectivity index (χ1n) is 3.38. The fourth-order valence-corrected chi connectivity index (χ4v) is 1.91. The first kappa shape index (κ1) is 9.34. The van der Waals surface area contributed by atoms with E-state index in [9.17, 15) is 0 Å². The molecule has 0 saturated heterocycles. The van der Waals surface area contributed by atoms with Crippen molar-refractivity contribution in [3.05, 3.63) is 8.84 Å². The Bertz CT molecular complexity index is 216. The molecule has 62 valence electrons. The molecule has 0 fully saturated rings. The Morgan fingerprint density at radius 2 is 2.45 bits per heavy atom. The number of hydrogen-bond donors (Lipinski definition) is 0. The Hall–Kier alpha value is 0.250. The van der Waals surface area contributed by atoms with Gasteiger partial charge >= 0.3 is 0 Å². The summed E-state index contributed by atoms with van der Waals surface area (Å²) >= 11 is 3.56. The van der Waals surface area contributed by atoms with Crippen LogP contribution < -0.4 is 0 Å². The van der Waals surface area contributed by atoms with Gasteiger partial charge in [0.1, 0.15) is 5.01 Å². The number of nitrogens with zero attached hydrogens (tertiary/aromatic N) is 2. The van der Waals surface area contributed by atoms with Gasteiger partial charge in [0.25, 0.3) is 0 Å². The molecule has 0 N–H and O–H groups in total. The van der Waals surface area contributed by atoms with E-state index in [1.165, 1.54) is 11.5 Å². The highest BCUT2D eigenvalue weighted by Gasteiger charge is 1.99. The Balaban J connectivity index is 2.27. The van der Waals surface area contributed by atoms with Crippen LogP contribution >= 0.6 is 34.1 Å². The molecular formula is C6H9IN2OS. The summed E-state index contributed by atoms with van der Waals surface area (Å²) in [5.41, 5.74) is 0. The van der Waals surface area contributed by atoms with Crippen LogP contribution in [0.15, 0.2) is 0 Å². The molecule has 0 amide bonds. The third-order valence-electron chi connectivity index (χ3n) is 1.11. The summed E-state index contributed by atoms with van der Waals surface area (Å²) in [4.78, 5) is 4.20. The Kier molecular flexibility index (Phi) is 4.24. The lowest BCUT2D eigenvalue weighted by atomic mass is 10.5. The second kappa shape index (κ2) is 5.00. The SMILES string of the molecule is CCOCCc1nc(I)ns1. The Morgan fingerprint density at radius 3 is 3.00 bits per heavy atom. The van der Waals surface area contributed by atoms with Gasteiger partial charge < -0.3 is 4.74 Å². The topological polar surface area (TPSA) is 35.0 Å². The molecule has 0 unspecified atom stereocenters. The maximum atomic E-state index is 5.18. The highest BCUT2D eigenvalue weighted by molar-refractivity contribution is 14.1. The highest BCUT2D eigenvalue weighted by atomic mass is 127. The summed E-state index contributed by atoms with van der Waals surface area (Å²) in [6.45, 7) is 3.52. The number of ether oxygens (including phenoxy) is 1. The zero-order valence-electron chi connectivity index (χ0n) is 6.21. The quantitative estimate of drug-likeness (QED) is 0.624. The van der Waals surface area contributed by atoms with Crippen molar-refractivity contribution in [3.63, 3.8) is 0 Å². The predicted molar refractivity (Wildman–Crippen MR) is 52.8 cm³/mol. The van der Waals surface area contributed by atoms with Crippen molar-refractivity contribution in [2.45, 2.75) is 13.3 Å². The zero-order chi connectivity index (χ0) is 8.10. The third kappa shape index (κ3) is 3.44. The molecule has 11 heavy (non-hydrogen) atoms. The molecule has 0 aliphatic rings. The van der Waals surface area contributed by atoms with Crippen LogP contribution in [0.1, 0.15) is 11.9 Å². The van der Waals surface area contributed by atoms with E-state index in [0.717, 1.165) is 28.5 Å². The average molecular weight is 284 g/mol. The monoisotopic (exact) mass is 284 g/mol. The predicted octanol–water partition coefficient (Wildman–Crippen LogP) is 1.72. The van der Waals surface area contributed by atoms with E-state index in [2.05, 4.69) is 31.9 Å². The van der Waals surface area contributed by atoms with Gasteiger partial charge in [0.2, 0.25) is 3.83 Å². The summed E-state index contributed by atoms with van der Waals surface area (Å²) in [6, 6.07) is 0. The van der Waals surface area contributed by atoms with Crippen LogP contribution in [0.5, 0.6) is 0 Å². The van der Waals surface area contributed by atoms with Gasteiger partial charge in [0, 0.05) is 35.6 Å². The standard InChI is InChI=1S/C6H9IN2OS/c1-2-10-4-3-5-8-6(7)9-11-5/h2-4H2,1H3. The molecular weight excluding hydrogens is 275 g/mol. The number of rotatable bonds is 4. The first-order chi connectivity index (χ1) is 5.33. The normalized spacial score (nSPS) is 10.4. The molecule has 0 saturated carbocycles. The summed E-state index contributed by atoms with van der Waals surface area (Å²) in [5.74, 6) is 0. The molecule has 0 radical (unpaired) electrons. The number of hydrogen-bond acceptors (Lipinski definition) is 4. The van der Waals surface area contributed by atoms with Crippen LogP contribution in [0.25, 0.3) is 0 Å². The van der Waals surface area contributed by atoms with Crippen LogP contribution in [-0.4, -0.2) is 22.6 Å².